The zero-order chi connectivity index (χ0) is 13.2. The van der Waals surface area contributed by atoms with Crippen molar-refractivity contribution >= 4 is 40.7 Å². The summed E-state index contributed by atoms with van der Waals surface area (Å²) in [7, 11) is 0. The molecule has 1 N–H and O–H groups in total. The van der Waals surface area contributed by atoms with E-state index in [0.29, 0.717) is 36.6 Å². The molecule has 9 heteroatoms. The molecule has 0 spiro atoms. The van der Waals surface area contributed by atoms with Crippen molar-refractivity contribution in [1.29, 1.82) is 0 Å². The maximum absolute atomic E-state index is 12.7. The molecule has 0 aliphatic carbocycles. The van der Waals surface area contributed by atoms with Crippen molar-refractivity contribution < 1.29 is 17.6 Å². The molecule has 0 aromatic carbocycles. The fourth-order valence-corrected chi connectivity index (χ4v) is 2.45. The Morgan fingerprint density at radius 2 is 1.85 bits per heavy atom. The van der Waals surface area contributed by atoms with Gasteiger partial charge < -0.3 is 9.73 Å². The molecule has 0 bridgehead atoms. The zero-order valence-electron chi connectivity index (χ0n) is 10.5. The van der Waals surface area contributed by atoms with Crippen molar-refractivity contribution in [1.82, 2.24) is 10.2 Å². The van der Waals surface area contributed by atoms with Crippen LogP contribution < -0.4 is 5.32 Å². The molecule has 1 aliphatic heterocycles. The van der Waals surface area contributed by atoms with E-state index in [9.17, 15) is 13.2 Å². The van der Waals surface area contributed by atoms with Crippen molar-refractivity contribution in [2.75, 3.05) is 26.2 Å². The summed E-state index contributed by atoms with van der Waals surface area (Å²) >= 11 is 3.13. The average Bonchev–Trinajstić information content (AvgIpc) is 2.73. The summed E-state index contributed by atoms with van der Waals surface area (Å²) in [6, 6.07) is 2.49. The molecule has 2 rings (SSSR count). The van der Waals surface area contributed by atoms with E-state index in [1.165, 1.54) is 0 Å². The second-order valence-electron chi connectivity index (χ2n) is 4.26. The van der Waals surface area contributed by atoms with Crippen LogP contribution in [0.4, 0.5) is 13.2 Å². The molecule has 1 saturated heterocycles. The average molecular weight is 400 g/mol. The summed E-state index contributed by atoms with van der Waals surface area (Å²) in [5.41, 5.74) is 0. The SMILES string of the molecule is Cl.Cl.FC(F)(F)C[C@@H](c1ccc(Br)o1)N1CCNCC1. The maximum Gasteiger partial charge on any atom is 0.391 e. The summed E-state index contributed by atoms with van der Waals surface area (Å²) in [4.78, 5) is 1.81. The van der Waals surface area contributed by atoms with Gasteiger partial charge in [-0.3, -0.25) is 4.90 Å². The van der Waals surface area contributed by atoms with Gasteiger partial charge in [0.1, 0.15) is 5.76 Å². The normalized spacial score (nSPS) is 18.0. The molecule has 2 heterocycles. The minimum Gasteiger partial charge on any atom is -0.453 e. The molecular weight excluding hydrogens is 384 g/mol. The minimum atomic E-state index is -4.20. The highest BCUT2D eigenvalue weighted by Gasteiger charge is 2.37. The van der Waals surface area contributed by atoms with Crippen LogP contribution in [0.3, 0.4) is 0 Å². The van der Waals surface area contributed by atoms with Gasteiger partial charge in [-0.25, -0.2) is 0 Å². The number of nitrogens with one attached hydrogen (secondary N) is 1. The first-order chi connectivity index (χ1) is 8.46. The van der Waals surface area contributed by atoms with Gasteiger partial charge in [0.05, 0.1) is 12.5 Å². The molecule has 0 unspecified atom stereocenters. The highest BCUT2D eigenvalue weighted by atomic mass is 79.9. The van der Waals surface area contributed by atoms with Crippen LogP contribution in [0.1, 0.15) is 18.2 Å². The standard InChI is InChI=1S/C11H14BrF3N2O.2ClH/c12-10-2-1-9(18-10)8(7-11(13,14)15)17-5-3-16-4-6-17;;/h1-2,8,16H,3-7H2;2*1H/t8-;;/m0../s1. The highest BCUT2D eigenvalue weighted by Crippen LogP contribution is 2.35. The number of rotatable bonds is 3. The number of furan rings is 1. The summed E-state index contributed by atoms with van der Waals surface area (Å²) in [6.45, 7) is 2.60. The Balaban J connectivity index is 0.00000180. The van der Waals surface area contributed by atoms with E-state index in [1.807, 2.05) is 4.90 Å². The monoisotopic (exact) mass is 398 g/mol. The van der Waals surface area contributed by atoms with Crippen molar-refractivity contribution in [3.05, 3.63) is 22.6 Å². The number of hydrogen-bond acceptors (Lipinski definition) is 3. The Hall–Kier alpha value is 0.0500. The lowest BCUT2D eigenvalue weighted by Crippen LogP contribution is -2.46. The molecule has 1 aliphatic rings. The van der Waals surface area contributed by atoms with Gasteiger partial charge in [-0.2, -0.15) is 13.2 Å². The predicted molar refractivity (Wildman–Crippen MR) is 78.8 cm³/mol. The molecule has 1 fully saturated rings. The van der Waals surface area contributed by atoms with Gasteiger partial charge in [-0.1, -0.05) is 0 Å². The Kier molecular flexibility index (Phi) is 8.50. The second-order valence-corrected chi connectivity index (χ2v) is 5.04. The van der Waals surface area contributed by atoms with Crippen LogP contribution in [0.15, 0.2) is 21.2 Å². The van der Waals surface area contributed by atoms with Crippen LogP contribution >= 0.6 is 40.7 Å². The first-order valence-corrected chi connectivity index (χ1v) is 6.52. The van der Waals surface area contributed by atoms with Gasteiger partial charge in [-0.15, -0.1) is 24.8 Å². The van der Waals surface area contributed by atoms with Crippen LogP contribution in [-0.2, 0) is 0 Å². The van der Waals surface area contributed by atoms with E-state index in [0.717, 1.165) is 0 Å². The van der Waals surface area contributed by atoms with Crippen molar-refractivity contribution in [3.8, 4) is 0 Å². The topological polar surface area (TPSA) is 28.4 Å². The van der Waals surface area contributed by atoms with Crippen molar-refractivity contribution in [2.45, 2.75) is 18.6 Å². The lowest BCUT2D eigenvalue weighted by molar-refractivity contribution is -0.150. The summed E-state index contributed by atoms with van der Waals surface area (Å²) in [5, 5.41) is 3.13. The molecular formula is C11H16BrCl2F3N2O. The van der Waals surface area contributed by atoms with E-state index < -0.39 is 18.6 Å². The second kappa shape index (κ2) is 8.48. The van der Waals surface area contributed by atoms with Crippen LogP contribution in [-0.4, -0.2) is 37.3 Å². The number of halogens is 6. The zero-order valence-corrected chi connectivity index (χ0v) is 13.7. The van der Waals surface area contributed by atoms with Crippen molar-refractivity contribution in [2.24, 2.45) is 0 Å². The first-order valence-electron chi connectivity index (χ1n) is 5.72. The fraction of sp³-hybridized carbons (Fsp3) is 0.636. The van der Waals surface area contributed by atoms with Crippen LogP contribution in [0.2, 0.25) is 0 Å². The van der Waals surface area contributed by atoms with Crippen LogP contribution in [0.25, 0.3) is 0 Å². The molecule has 1 aromatic rings. The quantitative estimate of drug-likeness (QED) is 0.838. The largest absolute Gasteiger partial charge is 0.453 e. The molecule has 1 atom stereocenters. The Labute approximate surface area is 136 Å². The predicted octanol–water partition coefficient (Wildman–Crippen LogP) is 3.78. The third-order valence-electron chi connectivity index (χ3n) is 2.94. The number of hydrogen-bond donors (Lipinski definition) is 1. The smallest absolute Gasteiger partial charge is 0.391 e. The van der Waals surface area contributed by atoms with Crippen molar-refractivity contribution in [3.63, 3.8) is 0 Å². The molecule has 0 radical (unpaired) electrons. The summed E-state index contributed by atoms with van der Waals surface area (Å²) in [6.07, 6.45) is -5.08. The maximum atomic E-state index is 12.7. The lowest BCUT2D eigenvalue weighted by Gasteiger charge is -2.34. The highest BCUT2D eigenvalue weighted by molar-refractivity contribution is 9.10. The van der Waals surface area contributed by atoms with Gasteiger partial charge in [-0.05, 0) is 28.1 Å². The van der Waals surface area contributed by atoms with Gasteiger partial charge in [0.25, 0.3) is 0 Å². The molecule has 0 amide bonds. The molecule has 0 saturated carbocycles. The van der Waals surface area contributed by atoms with Gasteiger partial charge in [0.15, 0.2) is 4.67 Å². The molecule has 1 aromatic heterocycles. The van der Waals surface area contributed by atoms with E-state index in [-0.39, 0.29) is 24.8 Å². The fourth-order valence-electron chi connectivity index (χ4n) is 2.13. The van der Waals surface area contributed by atoms with E-state index in [4.69, 9.17) is 4.42 Å². The molecule has 118 valence electrons. The molecule has 20 heavy (non-hydrogen) atoms. The summed E-state index contributed by atoms with van der Waals surface area (Å²) < 4.78 is 43.7. The summed E-state index contributed by atoms with van der Waals surface area (Å²) in [5.74, 6) is 0.362. The Morgan fingerprint density at radius 1 is 1.25 bits per heavy atom. The Bertz CT molecular complexity index is 397. The lowest BCUT2D eigenvalue weighted by atomic mass is 10.1. The van der Waals surface area contributed by atoms with Gasteiger partial charge >= 0.3 is 6.18 Å². The van der Waals surface area contributed by atoms with E-state index >= 15 is 0 Å². The third kappa shape index (κ3) is 5.81. The molecule has 3 nitrogen and oxygen atoms in total. The number of piperazine rings is 1. The first kappa shape index (κ1) is 20.1. The van der Waals surface area contributed by atoms with Crippen LogP contribution in [0.5, 0.6) is 0 Å². The van der Waals surface area contributed by atoms with E-state index in [2.05, 4.69) is 21.2 Å². The number of alkyl halides is 3. The third-order valence-corrected chi connectivity index (χ3v) is 3.37. The Morgan fingerprint density at radius 3 is 2.30 bits per heavy atom. The van der Waals surface area contributed by atoms with E-state index in [1.54, 1.807) is 12.1 Å². The number of nitrogens with zero attached hydrogens (tertiary/aromatic N) is 1. The minimum absolute atomic E-state index is 0. The van der Waals surface area contributed by atoms with Crippen LogP contribution in [0, 0.1) is 0 Å². The van der Waals surface area contributed by atoms with Gasteiger partial charge in [0, 0.05) is 26.2 Å². The van der Waals surface area contributed by atoms with Gasteiger partial charge in [0.2, 0.25) is 0 Å².